The fourth-order valence-electron chi connectivity index (χ4n) is 4.12. The van der Waals surface area contributed by atoms with E-state index in [9.17, 15) is 8.78 Å². The molecule has 0 radical (unpaired) electrons. The van der Waals surface area contributed by atoms with Crippen LogP contribution in [0.4, 0.5) is 8.78 Å². The lowest BCUT2D eigenvalue weighted by atomic mass is 9.77. The van der Waals surface area contributed by atoms with Gasteiger partial charge in [0.25, 0.3) is 6.08 Å². The summed E-state index contributed by atoms with van der Waals surface area (Å²) in [6.45, 7) is 2.27. The molecular weight excluding hydrogens is 326 g/mol. The lowest BCUT2D eigenvalue weighted by Crippen LogP contribution is -2.13. The van der Waals surface area contributed by atoms with Crippen molar-refractivity contribution in [3.05, 3.63) is 65.7 Å². The molecule has 0 N–H and O–H groups in total. The first-order valence-electron chi connectivity index (χ1n) is 9.89. The van der Waals surface area contributed by atoms with E-state index in [-0.39, 0.29) is 0 Å². The molecule has 0 aliphatic heterocycles. The van der Waals surface area contributed by atoms with Gasteiger partial charge in [-0.15, -0.1) is 0 Å². The second-order valence-electron chi connectivity index (χ2n) is 7.54. The summed E-state index contributed by atoms with van der Waals surface area (Å²) in [5.74, 6) is 1.63. The van der Waals surface area contributed by atoms with Gasteiger partial charge in [0.15, 0.2) is 0 Å². The van der Waals surface area contributed by atoms with E-state index in [2.05, 4.69) is 31.2 Å². The monoisotopic (exact) mass is 354 g/mol. The first-order chi connectivity index (χ1) is 12.7. The van der Waals surface area contributed by atoms with Crippen molar-refractivity contribution in [2.24, 2.45) is 5.92 Å². The largest absolute Gasteiger partial charge is 0.270 e. The molecule has 1 aliphatic carbocycles. The molecule has 0 aromatic heterocycles. The van der Waals surface area contributed by atoms with Crippen molar-refractivity contribution in [1.29, 1.82) is 0 Å². The fourth-order valence-corrected chi connectivity index (χ4v) is 4.12. The van der Waals surface area contributed by atoms with Crippen molar-refractivity contribution in [2.75, 3.05) is 0 Å². The molecule has 0 amide bonds. The second kappa shape index (κ2) is 9.12. The molecule has 0 heterocycles. The maximum absolute atomic E-state index is 12.3. The number of hydrogen-bond donors (Lipinski definition) is 0. The number of unbranched alkanes of at least 4 members (excludes halogenated alkanes) is 1. The number of hydrogen-bond acceptors (Lipinski definition) is 0. The summed E-state index contributed by atoms with van der Waals surface area (Å²) >= 11 is 0. The lowest BCUT2D eigenvalue weighted by Gasteiger charge is -2.29. The van der Waals surface area contributed by atoms with Crippen LogP contribution in [0.2, 0.25) is 0 Å². The molecule has 0 spiro atoms. The third-order valence-corrected chi connectivity index (χ3v) is 5.71. The Kier molecular flexibility index (Phi) is 6.60. The van der Waals surface area contributed by atoms with Crippen molar-refractivity contribution in [1.82, 2.24) is 0 Å². The molecule has 1 fully saturated rings. The highest BCUT2D eigenvalue weighted by molar-refractivity contribution is 5.66. The number of halogens is 2. The average molecular weight is 354 g/mol. The SMILES string of the molecule is CCCC[C@H]1CC[C@H](c2ccc(-c3ccc(C=C(F)F)cc3)cc2)CC1. The Balaban J connectivity index is 1.61. The van der Waals surface area contributed by atoms with Crippen LogP contribution >= 0.6 is 0 Å². The van der Waals surface area contributed by atoms with Gasteiger partial charge in [0.2, 0.25) is 0 Å². The van der Waals surface area contributed by atoms with Crippen LogP contribution < -0.4 is 0 Å². The predicted molar refractivity (Wildman–Crippen MR) is 106 cm³/mol. The van der Waals surface area contributed by atoms with Gasteiger partial charge >= 0.3 is 0 Å². The topological polar surface area (TPSA) is 0 Å². The van der Waals surface area contributed by atoms with E-state index >= 15 is 0 Å². The van der Waals surface area contributed by atoms with Crippen LogP contribution in [0, 0.1) is 5.92 Å². The zero-order valence-electron chi connectivity index (χ0n) is 15.6. The second-order valence-corrected chi connectivity index (χ2v) is 7.54. The zero-order chi connectivity index (χ0) is 18.4. The Labute approximate surface area is 156 Å². The molecule has 2 aromatic carbocycles. The highest BCUT2D eigenvalue weighted by Gasteiger charge is 2.21. The summed E-state index contributed by atoms with van der Waals surface area (Å²) in [6.07, 6.45) is 8.67. The number of benzene rings is 2. The van der Waals surface area contributed by atoms with E-state index < -0.39 is 6.08 Å². The van der Waals surface area contributed by atoms with Gasteiger partial charge in [-0.25, -0.2) is 0 Å². The van der Waals surface area contributed by atoms with Crippen molar-refractivity contribution in [3.8, 4) is 11.1 Å². The van der Waals surface area contributed by atoms with E-state index in [1.54, 1.807) is 12.1 Å². The normalized spacial score (nSPS) is 20.0. The summed E-state index contributed by atoms with van der Waals surface area (Å²) in [5.41, 5.74) is 4.19. The van der Waals surface area contributed by atoms with Crippen LogP contribution in [-0.2, 0) is 0 Å². The molecule has 0 saturated heterocycles. The number of rotatable bonds is 6. The van der Waals surface area contributed by atoms with Crippen LogP contribution in [-0.4, -0.2) is 0 Å². The van der Waals surface area contributed by atoms with Gasteiger partial charge in [-0.1, -0.05) is 74.7 Å². The highest BCUT2D eigenvalue weighted by Crippen LogP contribution is 2.38. The molecular formula is C24H28F2. The molecule has 138 valence electrons. The van der Waals surface area contributed by atoms with Gasteiger partial charge in [-0.2, -0.15) is 8.78 Å². The van der Waals surface area contributed by atoms with E-state index in [1.807, 2.05) is 12.1 Å². The third kappa shape index (κ3) is 5.03. The summed E-state index contributed by atoms with van der Waals surface area (Å²) in [7, 11) is 0. The van der Waals surface area contributed by atoms with Gasteiger partial charge < -0.3 is 0 Å². The maximum Gasteiger partial charge on any atom is 0.270 e. The first kappa shape index (κ1) is 18.8. The molecule has 1 aliphatic rings. The quantitative estimate of drug-likeness (QED) is 0.492. The van der Waals surface area contributed by atoms with Crippen molar-refractivity contribution in [3.63, 3.8) is 0 Å². The van der Waals surface area contributed by atoms with Crippen LogP contribution in [0.15, 0.2) is 54.6 Å². The Morgan fingerprint density at radius 2 is 1.46 bits per heavy atom. The Hall–Kier alpha value is -1.96. The molecule has 3 rings (SSSR count). The van der Waals surface area contributed by atoms with Crippen LogP contribution in [0.25, 0.3) is 17.2 Å². The smallest absolute Gasteiger partial charge is 0.173 e. The lowest BCUT2D eigenvalue weighted by molar-refractivity contribution is 0.304. The Bertz CT molecular complexity index is 701. The van der Waals surface area contributed by atoms with E-state index in [0.29, 0.717) is 11.5 Å². The van der Waals surface area contributed by atoms with E-state index in [1.165, 1.54) is 50.5 Å². The highest BCUT2D eigenvalue weighted by atomic mass is 19.3. The standard InChI is InChI=1S/C24H28F2/c1-2-3-4-18-5-9-20(10-6-18)22-13-15-23(16-14-22)21-11-7-19(8-12-21)17-24(25)26/h7-8,11-18,20H,2-6,9-10H2,1H3/t18-,20-. The van der Waals surface area contributed by atoms with Gasteiger partial charge in [-0.05, 0) is 59.8 Å². The Morgan fingerprint density at radius 1 is 0.885 bits per heavy atom. The minimum absolute atomic E-state index is 0.533. The molecule has 0 atom stereocenters. The average Bonchev–Trinajstić information content (AvgIpc) is 2.67. The van der Waals surface area contributed by atoms with Crippen LogP contribution in [0.1, 0.15) is 68.9 Å². The van der Waals surface area contributed by atoms with Crippen molar-refractivity contribution >= 4 is 6.08 Å². The summed E-state index contributed by atoms with van der Waals surface area (Å²) in [4.78, 5) is 0. The van der Waals surface area contributed by atoms with Gasteiger partial charge in [-0.3, -0.25) is 0 Å². The molecule has 1 saturated carbocycles. The minimum atomic E-state index is -1.66. The molecule has 0 unspecified atom stereocenters. The summed E-state index contributed by atoms with van der Waals surface area (Å²) < 4.78 is 24.6. The van der Waals surface area contributed by atoms with Gasteiger partial charge in [0, 0.05) is 6.08 Å². The van der Waals surface area contributed by atoms with E-state index in [0.717, 1.165) is 23.1 Å². The molecule has 26 heavy (non-hydrogen) atoms. The maximum atomic E-state index is 12.3. The molecule has 0 nitrogen and oxygen atoms in total. The third-order valence-electron chi connectivity index (χ3n) is 5.71. The minimum Gasteiger partial charge on any atom is -0.173 e. The van der Waals surface area contributed by atoms with Gasteiger partial charge in [0.1, 0.15) is 0 Å². The molecule has 2 heteroatoms. The fraction of sp³-hybridized carbons (Fsp3) is 0.417. The summed E-state index contributed by atoms with van der Waals surface area (Å²) in [5, 5.41) is 0. The van der Waals surface area contributed by atoms with Crippen molar-refractivity contribution < 1.29 is 8.78 Å². The predicted octanol–water partition coefficient (Wildman–Crippen LogP) is 8.06. The van der Waals surface area contributed by atoms with E-state index in [4.69, 9.17) is 0 Å². The summed E-state index contributed by atoms with van der Waals surface area (Å²) in [6, 6.07) is 16.1. The molecule has 2 aromatic rings. The van der Waals surface area contributed by atoms with Crippen LogP contribution in [0.3, 0.4) is 0 Å². The van der Waals surface area contributed by atoms with Gasteiger partial charge in [0.05, 0.1) is 0 Å². The Morgan fingerprint density at radius 3 is 2.00 bits per heavy atom. The zero-order valence-corrected chi connectivity index (χ0v) is 15.6. The van der Waals surface area contributed by atoms with Crippen LogP contribution in [0.5, 0.6) is 0 Å². The van der Waals surface area contributed by atoms with Crippen molar-refractivity contribution in [2.45, 2.75) is 57.8 Å². The molecule has 0 bridgehead atoms. The first-order valence-corrected chi connectivity index (χ1v) is 9.89.